The van der Waals surface area contributed by atoms with E-state index in [9.17, 15) is 20.0 Å². The molecule has 0 aliphatic carbocycles. The topological polar surface area (TPSA) is 86.9 Å². The molecular weight excluding hydrogens is 354 g/mol. The molecule has 0 saturated carbocycles. The lowest BCUT2D eigenvalue weighted by Crippen LogP contribution is -2.49. The highest BCUT2D eigenvalue weighted by Gasteiger charge is 2.25. The number of thiophene rings is 1. The first-order valence-corrected chi connectivity index (χ1v) is 9.32. The Hall–Kier alpha value is -2.29. The van der Waals surface area contributed by atoms with Crippen molar-refractivity contribution < 1.29 is 14.8 Å². The summed E-state index contributed by atoms with van der Waals surface area (Å²) >= 11 is 1.53. The molecule has 2 aromatic rings. The molecule has 26 heavy (non-hydrogen) atoms. The molecule has 3 rings (SSSR count). The first-order chi connectivity index (χ1) is 12.5. The summed E-state index contributed by atoms with van der Waals surface area (Å²) in [7, 11) is 0. The molecule has 0 radical (unpaired) electrons. The van der Waals surface area contributed by atoms with Gasteiger partial charge in [-0.25, -0.2) is 0 Å². The molecule has 1 aromatic heterocycles. The van der Waals surface area contributed by atoms with Crippen molar-refractivity contribution in [2.45, 2.75) is 13.0 Å². The van der Waals surface area contributed by atoms with Crippen LogP contribution in [-0.4, -0.2) is 58.5 Å². The summed E-state index contributed by atoms with van der Waals surface area (Å²) < 4.78 is 0. The second-order valence-corrected chi connectivity index (χ2v) is 7.36. The van der Waals surface area contributed by atoms with Gasteiger partial charge in [0.1, 0.15) is 6.10 Å². The van der Waals surface area contributed by atoms with Crippen molar-refractivity contribution in [3.05, 3.63) is 61.8 Å². The molecule has 1 aliphatic rings. The van der Waals surface area contributed by atoms with Gasteiger partial charge in [-0.05, 0) is 24.4 Å². The summed E-state index contributed by atoms with van der Waals surface area (Å²) in [5, 5.41) is 23.3. The van der Waals surface area contributed by atoms with Gasteiger partial charge in [-0.2, -0.15) is 0 Å². The Balaban J connectivity index is 1.58. The second kappa shape index (κ2) is 7.94. The van der Waals surface area contributed by atoms with Crippen LogP contribution in [-0.2, 0) is 0 Å². The van der Waals surface area contributed by atoms with Gasteiger partial charge in [0.15, 0.2) is 0 Å². The minimum absolute atomic E-state index is 0.0337. The van der Waals surface area contributed by atoms with E-state index in [0.717, 1.165) is 4.88 Å². The molecule has 138 valence electrons. The van der Waals surface area contributed by atoms with Gasteiger partial charge in [0.2, 0.25) is 0 Å². The fourth-order valence-corrected chi connectivity index (χ4v) is 3.77. The third kappa shape index (κ3) is 4.09. The van der Waals surface area contributed by atoms with E-state index in [2.05, 4.69) is 4.90 Å². The van der Waals surface area contributed by atoms with E-state index in [1.807, 2.05) is 17.5 Å². The SMILES string of the molecule is Cc1ccc(C(=O)N2CCN(CC(O)c3cccs3)CC2)cc1[N+](=O)[O-]. The Morgan fingerprint density at radius 2 is 2.04 bits per heavy atom. The summed E-state index contributed by atoms with van der Waals surface area (Å²) in [6.45, 7) is 4.61. The van der Waals surface area contributed by atoms with E-state index in [-0.39, 0.29) is 11.6 Å². The van der Waals surface area contributed by atoms with Crippen LogP contribution >= 0.6 is 11.3 Å². The van der Waals surface area contributed by atoms with Crippen molar-refractivity contribution in [1.29, 1.82) is 0 Å². The number of hydrogen-bond donors (Lipinski definition) is 1. The van der Waals surface area contributed by atoms with Crippen molar-refractivity contribution in [3.8, 4) is 0 Å². The number of aryl methyl sites for hydroxylation is 1. The number of nitro groups is 1. The van der Waals surface area contributed by atoms with Gasteiger partial charge >= 0.3 is 0 Å². The van der Waals surface area contributed by atoms with E-state index in [4.69, 9.17) is 0 Å². The Kier molecular flexibility index (Phi) is 5.65. The molecule has 8 heteroatoms. The van der Waals surface area contributed by atoms with E-state index in [1.165, 1.54) is 17.4 Å². The molecule has 0 bridgehead atoms. The lowest BCUT2D eigenvalue weighted by atomic mass is 10.1. The number of piperazine rings is 1. The normalized spacial score (nSPS) is 16.5. The van der Waals surface area contributed by atoms with E-state index in [1.54, 1.807) is 24.0 Å². The molecule has 1 amide bonds. The molecule has 7 nitrogen and oxygen atoms in total. The van der Waals surface area contributed by atoms with Gasteiger partial charge in [-0.3, -0.25) is 19.8 Å². The van der Waals surface area contributed by atoms with Crippen LogP contribution in [0.1, 0.15) is 26.9 Å². The van der Waals surface area contributed by atoms with Crippen LogP contribution in [0.15, 0.2) is 35.7 Å². The third-order valence-corrected chi connectivity index (χ3v) is 5.59. The summed E-state index contributed by atoms with van der Waals surface area (Å²) in [6.07, 6.45) is -0.517. The maximum atomic E-state index is 12.6. The van der Waals surface area contributed by atoms with E-state index >= 15 is 0 Å². The van der Waals surface area contributed by atoms with Crippen molar-refractivity contribution in [2.24, 2.45) is 0 Å². The Labute approximate surface area is 155 Å². The zero-order valence-electron chi connectivity index (χ0n) is 14.5. The molecule has 0 spiro atoms. The van der Waals surface area contributed by atoms with Crippen LogP contribution in [0.3, 0.4) is 0 Å². The minimum Gasteiger partial charge on any atom is -0.386 e. The number of hydrogen-bond acceptors (Lipinski definition) is 6. The summed E-state index contributed by atoms with van der Waals surface area (Å²) in [5.41, 5.74) is 0.849. The highest BCUT2D eigenvalue weighted by Crippen LogP contribution is 2.22. The maximum absolute atomic E-state index is 12.6. The van der Waals surface area contributed by atoms with Gasteiger partial charge in [-0.15, -0.1) is 11.3 Å². The second-order valence-electron chi connectivity index (χ2n) is 6.38. The van der Waals surface area contributed by atoms with Crippen molar-refractivity contribution in [3.63, 3.8) is 0 Å². The lowest BCUT2D eigenvalue weighted by molar-refractivity contribution is -0.385. The fourth-order valence-electron chi connectivity index (χ4n) is 3.07. The van der Waals surface area contributed by atoms with E-state index in [0.29, 0.717) is 43.9 Å². The highest BCUT2D eigenvalue weighted by atomic mass is 32.1. The Bertz CT molecular complexity index is 786. The number of amides is 1. The lowest BCUT2D eigenvalue weighted by Gasteiger charge is -2.35. The molecule has 1 N–H and O–H groups in total. The number of β-amino-alcohol motifs (C(OH)–C–C–N with tert-alkyl or cyclic N) is 1. The van der Waals surface area contributed by atoms with Gasteiger partial charge in [0.25, 0.3) is 11.6 Å². The Morgan fingerprint density at radius 1 is 1.31 bits per heavy atom. The van der Waals surface area contributed by atoms with Gasteiger partial charge in [0.05, 0.1) is 4.92 Å². The zero-order valence-corrected chi connectivity index (χ0v) is 15.3. The van der Waals surface area contributed by atoms with E-state index < -0.39 is 11.0 Å². The summed E-state index contributed by atoms with van der Waals surface area (Å²) in [5.74, 6) is -0.188. The number of benzene rings is 1. The quantitative estimate of drug-likeness (QED) is 0.641. The van der Waals surface area contributed by atoms with Crippen molar-refractivity contribution >= 4 is 22.9 Å². The minimum atomic E-state index is -0.517. The third-order valence-electron chi connectivity index (χ3n) is 4.62. The van der Waals surface area contributed by atoms with Crippen LogP contribution in [0.4, 0.5) is 5.69 Å². The average Bonchev–Trinajstić information content (AvgIpc) is 3.17. The van der Waals surface area contributed by atoms with Crippen LogP contribution < -0.4 is 0 Å². The molecule has 1 fully saturated rings. The van der Waals surface area contributed by atoms with Crippen LogP contribution in [0.25, 0.3) is 0 Å². The number of nitro benzene ring substituents is 1. The van der Waals surface area contributed by atoms with Crippen molar-refractivity contribution in [1.82, 2.24) is 9.80 Å². The predicted octanol–water partition coefficient (Wildman–Crippen LogP) is 2.46. The molecule has 1 atom stereocenters. The van der Waals surface area contributed by atoms with Crippen LogP contribution in [0.5, 0.6) is 0 Å². The summed E-state index contributed by atoms with van der Waals surface area (Å²) in [4.78, 5) is 28.0. The van der Waals surface area contributed by atoms with Gasteiger partial charge < -0.3 is 10.0 Å². The number of rotatable bonds is 5. The predicted molar refractivity (Wildman–Crippen MR) is 99.5 cm³/mol. The highest BCUT2D eigenvalue weighted by molar-refractivity contribution is 7.10. The number of carbonyl (C=O) groups excluding carboxylic acids is 1. The summed E-state index contributed by atoms with van der Waals surface area (Å²) in [6, 6.07) is 8.43. The standard InChI is InChI=1S/C18H21N3O4S/c1-13-4-5-14(11-15(13)21(24)25)18(23)20-8-6-19(7-9-20)12-16(22)17-3-2-10-26-17/h2-5,10-11,16,22H,6-9,12H2,1H3. The average molecular weight is 375 g/mol. The van der Waals surface area contributed by atoms with Gasteiger partial charge in [0, 0.05) is 54.8 Å². The first-order valence-electron chi connectivity index (χ1n) is 8.44. The number of carbonyl (C=O) groups is 1. The Morgan fingerprint density at radius 3 is 2.65 bits per heavy atom. The first kappa shape index (κ1) is 18.5. The molecule has 1 aliphatic heterocycles. The number of aliphatic hydroxyl groups is 1. The molecule has 1 unspecified atom stereocenters. The molecular formula is C18H21N3O4S. The smallest absolute Gasteiger partial charge is 0.273 e. The van der Waals surface area contributed by atoms with Crippen LogP contribution in [0, 0.1) is 17.0 Å². The van der Waals surface area contributed by atoms with Crippen molar-refractivity contribution in [2.75, 3.05) is 32.7 Å². The number of aliphatic hydroxyl groups excluding tert-OH is 1. The fraction of sp³-hybridized carbons (Fsp3) is 0.389. The molecule has 1 saturated heterocycles. The van der Waals surface area contributed by atoms with Gasteiger partial charge in [-0.1, -0.05) is 12.1 Å². The largest absolute Gasteiger partial charge is 0.386 e. The zero-order chi connectivity index (χ0) is 18.7. The molecule has 1 aromatic carbocycles. The maximum Gasteiger partial charge on any atom is 0.273 e. The molecule has 2 heterocycles. The number of nitrogens with zero attached hydrogens (tertiary/aromatic N) is 3. The monoisotopic (exact) mass is 375 g/mol. The van der Waals surface area contributed by atoms with Crippen LogP contribution in [0.2, 0.25) is 0 Å².